The molecule has 4 atom stereocenters. The van der Waals surface area contributed by atoms with Gasteiger partial charge in [0.1, 0.15) is 17.9 Å². The molecule has 1 aromatic carbocycles. The van der Waals surface area contributed by atoms with E-state index in [0.717, 1.165) is 24.2 Å². The Kier molecular flexibility index (Phi) is 3.86. The molecule has 0 bridgehead atoms. The Morgan fingerprint density at radius 1 is 1.33 bits per heavy atom. The van der Waals surface area contributed by atoms with Gasteiger partial charge in [-0.05, 0) is 60.4 Å². The average molecular weight is 415 g/mol. The molecule has 2 heterocycles. The molecule has 5 nitrogen and oxygen atoms in total. The highest BCUT2D eigenvalue weighted by molar-refractivity contribution is 5.76. The summed E-state index contributed by atoms with van der Waals surface area (Å²) in [5.74, 6) is -1.27. The molecule has 2 N–H and O–H groups in total. The molecular weight excluding hydrogens is 388 g/mol. The SMILES string of the molecule is [2H]C1([2H])OC(N)=N[C@]12c1cc(-c3cc(F)cnc3F)ccc1C[C@]21CC[C@@H](OC)[C@H](C)C1. The highest BCUT2D eigenvalue weighted by Gasteiger charge is 2.62. The number of ether oxygens (including phenoxy) is 2. The van der Waals surface area contributed by atoms with Gasteiger partial charge in [-0.3, -0.25) is 0 Å². The molecule has 5 rings (SSSR count). The number of nitrogens with two attached hydrogens (primary N) is 1. The number of aliphatic imine (C=N–C) groups is 1. The Morgan fingerprint density at radius 3 is 2.87 bits per heavy atom. The molecule has 0 unspecified atom stereocenters. The molecule has 2 spiro atoms. The van der Waals surface area contributed by atoms with Gasteiger partial charge >= 0.3 is 0 Å². The van der Waals surface area contributed by atoms with Gasteiger partial charge in [-0.2, -0.15) is 4.39 Å². The second-order valence-corrected chi connectivity index (χ2v) is 8.68. The van der Waals surface area contributed by atoms with Gasteiger partial charge < -0.3 is 15.2 Å². The van der Waals surface area contributed by atoms with E-state index in [0.29, 0.717) is 30.4 Å². The van der Waals surface area contributed by atoms with E-state index in [1.54, 1.807) is 19.2 Å². The zero-order valence-corrected chi connectivity index (χ0v) is 16.9. The molecule has 1 aliphatic heterocycles. The van der Waals surface area contributed by atoms with Gasteiger partial charge in [-0.25, -0.2) is 14.4 Å². The van der Waals surface area contributed by atoms with Crippen molar-refractivity contribution in [2.75, 3.05) is 13.7 Å². The van der Waals surface area contributed by atoms with Crippen LogP contribution in [0.15, 0.2) is 35.5 Å². The van der Waals surface area contributed by atoms with Gasteiger partial charge in [0.25, 0.3) is 6.02 Å². The van der Waals surface area contributed by atoms with Crippen LogP contribution in [-0.4, -0.2) is 30.8 Å². The van der Waals surface area contributed by atoms with Gasteiger partial charge in [-0.1, -0.05) is 19.1 Å². The van der Waals surface area contributed by atoms with E-state index in [-0.39, 0.29) is 23.6 Å². The number of hydrogen-bond acceptors (Lipinski definition) is 5. The summed E-state index contributed by atoms with van der Waals surface area (Å²) in [5, 5.41) is 0. The molecule has 1 fully saturated rings. The highest BCUT2D eigenvalue weighted by atomic mass is 19.1. The zero-order valence-electron chi connectivity index (χ0n) is 18.9. The maximum Gasteiger partial charge on any atom is 0.283 e. The van der Waals surface area contributed by atoms with E-state index in [4.69, 9.17) is 17.9 Å². The van der Waals surface area contributed by atoms with Crippen molar-refractivity contribution in [1.29, 1.82) is 0 Å². The molecule has 30 heavy (non-hydrogen) atoms. The van der Waals surface area contributed by atoms with Crippen LogP contribution < -0.4 is 5.73 Å². The van der Waals surface area contributed by atoms with Gasteiger partial charge in [0.05, 0.1) is 15.0 Å². The number of aromatic nitrogens is 1. The fourth-order valence-electron chi connectivity index (χ4n) is 5.71. The Morgan fingerprint density at radius 2 is 2.17 bits per heavy atom. The number of fused-ring (bicyclic) bond motifs is 3. The van der Waals surface area contributed by atoms with E-state index in [1.807, 2.05) is 6.07 Å². The molecule has 0 amide bonds. The summed E-state index contributed by atoms with van der Waals surface area (Å²) in [4.78, 5) is 8.11. The fourth-order valence-corrected chi connectivity index (χ4v) is 5.71. The van der Waals surface area contributed by atoms with E-state index in [2.05, 4.69) is 16.9 Å². The molecule has 2 aromatic rings. The van der Waals surface area contributed by atoms with E-state index in [1.165, 1.54) is 0 Å². The molecular formula is C23H25F2N3O2. The Balaban J connectivity index is 1.71. The third kappa shape index (κ3) is 2.68. The highest BCUT2D eigenvalue weighted by Crippen LogP contribution is 2.62. The third-order valence-corrected chi connectivity index (χ3v) is 7.05. The van der Waals surface area contributed by atoms with Crippen molar-refractivity contribution in [3.05, 3.63) is 53.4 Å². The Bertz CT molecular complexity index is 1130. The molecule has 0 radical (unpaired) electrons. The van der Waals surface area contributed by atoms with Gasteiger partial charge in [0.2, 0.25) is 5.95 Å². The van der Waals surface area contributed by atoms with Crippen LogP contribution in [0.5, 0.6) is 0 Å². The first kappa shape index (κ1) is 17.2. The Labute approximate surface area is 177 Å². The number of nitrogens with zero attached hydrogens (tertiary/aromatic N) is 2. The van der Waals surface area contributed by atoms with E-state index < -0.39 is 29.3 Å². The smallest absolute Gasteiger partial charge is 0.283 e. The molecule has 3 aliphatic rings. The lowest BCUT2D eigenvalue weighted by atomic mass is 9.59. The summed E-state index contributed by atoms with van der Waals surface area (Å²) >= 11 is 0. The molecule has 2 aliphatic carbocycles. The number of benzene rings is 1. The molecule has 1 aromatic heterocycles. The molecule has 1 saturated carbocycles. The minimum absolute atomic E-state index is 0.0109. The average Bonchev–Trinajstić information content (AvgIpc) is 3.14. The zero-order chi connectivity index (χ0) is 22.9. The number of rotatable bonds is 2. The van der Waals surface area contributed by atoms with Gasteiger partial charge in [-0.15, -0.1) is 0 Å². The first-order valence-electron chi connectivity index (χ1n) is 11.1. The summed E-state index contributed by atoms with van der Waals surface area (Å²) in [6.45, 7) is -0.0945. The summed E-state index contributed by atoms with van der Waals surface area (Å²) < 4.78 is 57.0. The van der Waals surface area contributed by atoms with Crippen molar-refractivity contribution in [2.24, 2.45) is 22.1 Å². The maximum absolute atomic E-state index is 14.4. The predicted octanol–water partition coefficient (Wildman–Crippen LogP) is 3.94. The monoisotopic (exact) mass is 415 g/mol. The topological polar surface area (TPSA) is 69.7 Å². The van der Waals surface area contributed by atoms with Gasteiger partial charge in [0, 0.05) is 18.1 Å². The van der Waals surface area contributed by atoms with Crippen molar-refractivity contribution in [3.8, 4) is 11.1 Å². The first-order chi connectivity index (χ1) is 15.1. The fraction of sp³-hybridized carbons (Fsp3) is 0.478. The van der Waals surface area contributed by atoms with E-state index >= 15 is 0 Å². The summed E-state index contributed by atoms with van der Waals surface area (Å²) in [6.07, 6.45) is 3.60. The lowest BCUT2D eigenvalue weighted by Gasteiger charge is -2.47. The minimum Gasteiger partial charge on any atom is -0.462 e. The maximum atomic E-state index is 14.4. The first-order valence-corrected chi connectivity index (χ1v) is 10.1. The third-order valence-electron chi connectivity index (χ3n) is 7.05. The summed E-state index contributed by atoms with van der Waals surface area (Å²) in [6, 6.07) is 6.14. The van der Waals surface area contributed by atoms with Crippen molar-refractivity contribution >= 4 is 6.02 Å². The summed E-state index contributed by atoms with van der Waals surface area (Å²) in [7, 11) is 1.69. The number of methoxy groups -OCH3 is 1. The van der Waals surface area contributed by atoms with Crippen LogP contribution in [0.2, 0.25) is 0 Å². The number of pyridine rings is 1. The van der Waals surface area contributed by atoms with Crippen molar-refractivity contribution in [1.82, 2.24) is 4.98 Å². The lowest BCUT2D eigenvalue weighted by molar-refractivity contribution is -0.0445. The minimum atomic E-state index is -2.20. The summed E-state index contributed by atoms with van der Waals surface area (Å²) in [5.41, 5.74) is 5.90. The van der Waals surface area contributed by atoms with Crippen molar-refractivity contribution in [2.45, 2.75) is 44.2 Å². The number of hydrogen-bond donors (Lipinski definition) is 1. The van der Waals surface area contributed by atoms with Gasteiger partial charge in [0.15, 0.2) is 0 Å². The van der Waals surface area contributed by atoms with Crippen molar-refractivity contribution < 1.29 is 21.0 Å². The van der Waals surface area contributed by atoms with Crippen LogP contribution in [0.3, 0.4) is 0 Å². The van der Waals surface area contributed by atoms with Crippen LogP contribution in [0.25, 0.3) is 11.1 Å². The van der Waals surface area contributed by atoms with Crippen LogP contribution in [-0.2, 0) is 21.4 Å². The predicted molar refractivity (Wildman–Crippen MR) is 109 cm³/mol. The Hall–Kier alpha value is -2.54. The second kappa shape index (κ2) is 6.74. The second-order valence-electron chi connectivity index (χ2n) is 8.68. The quantitative estimate of drug-likeness (QED) is 0.755. The molecule has 0 saturated heterocycles. The van der Waals surface area contributed by atoms with Crippen LogP contribution in [0, 0.1) is 23.1 Å². The van der Waals surface area contributed by atoms with Crippen molar-refractivity contribution in [3.63, 3.8) is 0 Å². The number of amidine groups is 1. The normalized spacial score (nSPS) is 35.0. The van der Waals surface area contributed by atoms with E-state index in [9.17, 15) is 8.78 Å². The van der Waals surface area contributed by atoms with Crippen LogP contribution in [0.4, 0.5) is 8.78 Å². The standard InChI is InChI=1S/C23H25F2N3O2/c1-13-9-22(6-5-19(13)29-2)10-15-4-3-14(17-8-16(24)11-27-20(17)25)7-18(15)23(22)12-30-21(26)28-23/h3-4,7-8,11,13,19H,5-6,9-10,12H2,1-2H3,(H2,26,28)/t13-,19-,22-,23+/m1/s1/i12D2. The van der Waals surface area contributed by atoms with Crippen LogP contribution in [0.1, 0.15) is 40.1 Å². The molecule has 158 valence electrons. The lowest BCUT2D eigenvalue weighted by Crippen LogP contribution is -2.48. The van der Waals surface area contributed by atoms with Crippen LogP contribution >= 0.6 is 0 Å². The number of halogens is 2. The largest absolute Gasteiger partial charge is 0.462 e. The molecule has 7 heteroatoms.